The van der Waals surface area contributed by atoms with Crippen LogP contribution in [0.5, 0.6) is 5.75 Å². The molecule has 0 spiro atoms. The zero-order valence-electron chi connectivity index (χ0n) is 21.3. The standard InChI is InChI=1S/C26H27N3O7S2/c1-16-5-11-19(12-6-16)38(32,33)35-14-13-34-18-9-7-17(8-10-18)29-24(30)21-20(15-37-23(21)27)22(28-29)25(31)36-26(2,3)4/h5-12,15H,13-14,27H2,1-4H3. The number of nitrogens with zero attached hydrogens (tertiary/aromatic N) is 2. The molecule has 10 nitrogen and oxygen atoms in total. The zero-order chi connectivity index (χ0) is 27.7. The lowest BCUT2D eigenvalue weighted by Crippen LogP contribution is -2.28. The van der Waals surface area contributed by atoms with Crippen molar-refractivity contribution in [1.29, 1.82) is 0 Å². The molecule has 200 valence electrons. The zero-order valence-corrected chi connectivity index (χ0v) is 22.9. The van der Waals surface area contributed by atoms with Gasteiger partial charge in [0, 0.05) is 10.8 Å². The van der Waals surface area contributed by atoms with Gasteiger partial charge in [-0.15, -0.1) is 11.3 Å². The Morgan fingerprint density at radius 2 is 1.71 bits per heavy atom. The lowest BCUT2D eigenvalue weighted by atomic mass is 10.2. The van der Waals surface area contributed by atoms with Crippen molar-refractivity contribution < 1.29 is 26.9 Å². The summed E-state index contributed by atoms with van der Waals surface area (Å²) in [6.07, 6.45) is 0. The molecular formula is C26H27N3O7S2. The normalized spacial score (nSPS) is 12.0. The number of aryl methyl sites for hydroxylation is 1. The average molecular weight is 558 g/mol. The topological polar surface area (TPSA) is 140 Å². The van der Waals surface area contributed by atoms with Crippen LogP contribution in [0, 0.1) is 6.92 Å². The number of carbonyl (C=O) groups is 1. The molecule has 0 aliphatic heterocycles. The number of nitrogens with two attached hydrogens (primary N) is 1. The van der Waals surface area contributed by atoms with E-state index in [9.17, 15) is 18.0 Å². The van der Waals surface area contributed by atoms with E-state index in [1.807, 2.05) is 6.92 Å². The molecule has 0 bridgehead atoms. The van der Waals surface area contributed by atoms with Crippen molar-refractivity contribution in [2.75, 3.05) is 18.9 Å². The lowest BCUT2D eigenvalue weighted by Gasteiger charge is -2.19. The van der Waals surface area contributed by atoms with Gasteiger partial charge < -0.3 is 15.2 Å². The van der Waals surface area contributed by atoms with Crippen molar-refractivity contribution >= 4 is 43.2 Å². The van der Waals surface area contributed by atoms with Crippen LogP contribution in [0.3, 0.4) is 0 Å². The summed E-state index contributed by atoms with van der Waals surface area (Å²) in [5, 5.41) is 6.70. The van der Waals surface area contributed by atoms with Gasteiger partial charge in [0.25, 0.3) is 15.7 Å². The van der Waals surface area contributed by atoms with Crippen molar-refractivity contribution in [3.8, 4) is 11.4 Å². The van der Waals surface area contributed by atoms with Gasteiger partial charge in [0.15, 0.2) is 5.69 Å². The van der Waals surface area contributed by atoms with Crippen molar-refractivity contribution in [2.45, 2.75) is 38.2 Å². The summed E-state index contributed by atoms with van der Waals surface area (Å²) in [5.41, 5.74) is 6.10. The molecule has 2 aromatic heterocycles. The Labute approximate surface area is 223 Å². The third-order valence-corrected chi connectivity index (χ3v) is 7.39. The Hall–Kier alpha value is -3.74. The predicted octanol–water partition coefficient (Wildman–Crippen LogP) is 4.08. The van der Waals surface area contributed by atoms with Gasteiger partial charge >= 0.3 is 5.97 Å². The summed E-state index contributed by atoms with van der Waals surface area (Å²) in [6.45, 7) is 6.86. The first-order valence-corrected chi connectivity index (χ1v) is 13.9. The second-order valence-electron chi connectivity index (χ2n) is 9.39. The molecule has 0 fully saturated rings. The molecule has 2 aromatic carbocycles. The Morgan fingerprint density at radius 3 is 2.34 bits per heavy atom. The molecule has 4 rings (SSSR count). The number of anilines is 1. The fourth-order valence-electron chi connectivity index (χ4n) is 3.48. The molecule has 0 atom stereocenters. The number of hydrogen-bond acceptors (Lipinski definition) is 10. The number of hydrogen-bond donors (Lipinski definition) is 1. The molecule has 4 aromatic rings. The number of nitrogen functional groups attached to an aromatic ring is 1. The molecule has 0 aliphatic carbocycles. The molecule has 2 heterocycles. The maximum Gasteiger partial charge on any atom is 0.360 e. The summed E-state index contributed by atoms with van der Waals surface area (Å²) >= 11 is 1.14. The van der Waals surface area contributed by atoms with Gasteiger partial charge in [0.1, 0.15) is 24.6 Å². The molecule has 0 unspecified atom stereocenters. The number of rotatable bonds is 8. The highest BCUT2D eigenvalue weighted by molar-refractivity contribution is 7.86. The maximum absolute atomic E-state index is 13.2. The number of thiophene rings is 1. The summed E-state index contributed by atoms with van der Waals surface area (Å²) in [6, 6.07) is 12.7. The Balaban J connectivity index is 1.50. The maximum atomic E-state index is 13.2. The monoisotopic (exact) mass is 557 g/mol. The van der Waals surface area contributed by atoms with Gasteiger partial charge in [0.05, 0.1) is 21.0 Å². The molecule has 2 N–H and O–H groups in total. The Kier molecular flexibility index (Phi) is 7.58. The molecule has 38 heavy (non-hydrogen) atoms. The number of esters is 1. The number of fused-ring (bicyclic) bond motifs is 1. The van der Waals surface area contributed by atoms with Crippen LogP contribution in [0.2, 0.25) is 0 Å². The van der Waals surface area contributed by atoms with E-state index in [2.05, 4.69) is 5.10 Å². The molecule has 0 amide bonds. The van der Waals surface area contributed by atoms with Gasteiger partial charge in [-0.25, -0.2) is 4.79 Å². The fraction of sp³-hybridized carbons (Fsp3) is 0.269. The van der Waals surface area contributed by atoms with E-state index < -0.39 is 27.2 Å². The van der Waals surface area contributed by atoms with Crippen molar-refractivity contribution in [3.63, 3.8) is 0 Å². The molecular weight excluding hydrogens is 530 g/mol. The van der Waals surface area contributed by atoms with E-state index in [4.69, 9.17) is 19.4 Å². The second-order valence-corrected chi connectivity index (χ2v) is 11.9. The van der Waals surface area contributed by atoms with Crippen molar-refractivity contribution in [3.05, 3.63) is 75.5 Å². The largest absolute Gasteiger partial charge is 0.491 e. The van der Waals surface area contributed by atoms with Crippen LogP contribution < -0.4 is 16.0 Å². The molecule has 0 radical (unpaired) electrons. The minimum absolute atomic E-state index is 0.0188. The average Bonchev–Trinajstić information content (AvgIpc) is 3.24. The van der Waals surface area contributed by atoms with Crippen molar-refractivity contribution in [2.24, 2.45) is 0 Å². The van der Waals surface area contributed by atoms with E-state index in [-0.39, 0.29) is 34.2 Å². The van der Waals surface area contributed by atoms with Crippen molar-refractivity contribution in [1.82, 2.24) is 9.78 Å². The quantitative estimate of drug-likeness (QED) is 0.193. The number of aromatic nitrogens is 2. The third-order valence-electron chi connectivity index (χ3n) is 5.25. The smallest absolute Gasteiger partial charge is 0.360 e. The SMILES string of the molecule is Cc1ccc(S(=O)(=O)OCCOc2ccc(-n3nc(C(=O)OC(C)(C)C)c4csc(N)c4c3=O)cc2)cc1. The minimum atomic E-state index is -3.89. The number of carbonyl (C=O) groups excluding carboxylic acids is 1. The van der Waals surface area contributed by atoms with E-state index >= 15 is 0 Å². The van der Waals surface area contributed by atoms with Gasteiger partial charge in [-0.3, -0.25) is 8.98 Å². The summed E-state index contributed by atoms with van der Waals surface area (Å²) in [5.74, 6) is -0.254. The molecule has 0 saturated heterocycles. The van der Waals surface area contributed by atoms with E-state index in [1.165, 1.54) is 12.1 Å². The first-order chi connectivity index (χ1) is 17.9. The van der Waals surface area contributed by atoms with Crippen LogP contribution in [0.4, 0.5) is 5.00 Å². The predicted molar refractivity (Wildman–Crippen MR) is 145 cm³/mol. The summed E-state index contributed by atoms with van der Waals surface area (Å²) < 4.78 is 41.7. The van der Waals surface area contributed by atoms with Crippen LogP contribution in [-0.4, -0.2) is 43.0 Å². The number of ether oxygens (including phenoxy) is 2. The van der Waals surface area contributed by atoms with Gasteiger partial charge in [-0.05, 0) is 64.1 Å². The lowest BCUT2D eigenvalue weighted by molar-refractivity contribution is 0.00634. The second kappa shape index (κ2) is 10.6. The molecule has 0 saturated carbocycles. The fourth-order valence-corrected chi connectivity index (χ4v) is 5.17. The Morgan fingerprint density at radius 1 is 1.05 bits per heavy atom. The van der Waals surface area contributed by atoms with Gasteiger partial charge in [-0.2, -0.15) is 18.2 Å². The number of benzene rings is 2. The highest BCUT2D eigenvalue weighted by Crippen LogP contribution is 2.28. The molecule has 12 heteroatoms. The summed E-state index contributed by atoms with van der Waals surface area (Å²) in [7, 11) is -3.89. The van der Waals surface area contributed by atoms with Gasteiger partial charge in [-0.1, -0.05) is 17.7 Å². The first kappa shape index (κ1) is 27.3. The van der Waals surface area contributed by atoms with Crippen LogP contribution >= 0.6 is 11.3 Å². The molecule has 0 aliphatic rings. The van der Waals surface area contributed by atoms with E-state index in [1.54, 1.807) is 62.5 Å². The van der Waals surface area contributed by atoms with E-state index in [0.717, 1.165) is 21.6 Å². The van der Waals surface area contributed by atoms with E-state index in [0.29, 0.717) is 16.8 Å². The van der Waals surface area contributed by atoms with Gasteiger partial charge in [0.2, 0.25) is 0 Å². The summed E-state index contributed by atoms with van der Waals surface area (Å²) in [4.78, 5) is 26.1. The third kappa shape index (κ3) is 6.04. The Bertz CT molecular complexity index is 1630. The van der Waals surface area contributed by atoms with Crippen LogP contribution in [0.25, 0.3) is 16.5 Å². The van der Waals surface area contributed by atoms with Crippen LogP contribution in [0.15, 0.2) is 63.6 Å². The first-order valence-electron chi connectivity index (χ1n) is 11.6. The minimum Gasteiger partial charge on any atom is -0.491 e. The van der Waals surface area contributed by atoms with Crippen LogP contribution in [-0.2, 0) is 19.0 Å². The van der Waals surface area contributed by atoms with Crippen LogP contribution in [0.1, 0.15) is 36.8 Å². The highest BCUT2D eigenvalue weighted by atomic mass is 32.2. The highest BCUT2D eigenvalue weighted by Gasteiger charge is 2.25.